The molecular weight excluding hydrogens is 564 g/mol. The summed E-state index contributed by atoms with van der Waals surface area (Å²) in [6.07, 6.45) is -3.77. The Hall–Kier alpha value is -3.74. The van der Waals surface area contributed by atoms with E-state index in [-0.39, 0.29) is 24.1 Å². The minimum absolute atomic E-state index is 0.0792. The minimum Gasteiger partial charge on any atom is -0.492 e. The number of halogens is 4. The number of aromatic nitrogens is 1. The number of rotatable bonds is 8. The predicted octanol–water partition coefficient (Wildman–Crippen LogP) is 6.20. The number of pyridine rings is 1. The number of hydrogen-bond donors (Lipinski definition) is 1. The van der Waals surface area contributed by atoms with Gasteiger partial charge in [-0.05, 0) is 48.0 Å². The number of alkyl halides is 4. The van der Waals surface area contributed by atoms with E-state index >= 15 is 0 Å². The van der Waals surface area contributed by atoms with Gasteiger partial charge in [-0.1, -0.05) is 12.1 Å². The highest BCUT2D eigenvalue weighted by atomic mass is 32.2. The maximum absolute atomic E-state index is 13.5. The second-order valence-electron chi connectivity index (χ2n) is 9.97. The summed E-state index contributed by atoms with van der Waals surface area (Å²) < 4.78 is 90.4. The van der Waals surface area contributed by atoms with Gasteiger partial charge in [0.2, 0.25) is 0 Å². The quantitative estimate of drug-likeness (QED) is 0.194. The Labute approximate surface area is 235 Å². The molecule has 0 radical (unpaired) electrons. The fourth-order valence-electron chi connectivity index (χ4n) is 5.25. The molecule has 2 aliphatic rings. The predicted molar refractivity (Wildman–Crippen MR) is 144 cm³/mol. The molecule has 7 nitrogen and oxygen atoms in total. The molecule has 214 valence electrons. The average molecular weight is 589 g/mol. The number of fused-ring (bicyclic) bond motifs is 5. The molecule has 0 spiro atoms. The highest BCUT2D eigenvalue weighted by Crippen LogP contribution is 2.49. The van der Waals surface area contributed by atoms with Gasteiger partial charge in [-0.15, -0.1) is 0 Å². The highest BCUT2D eigenvalue weighted by Gasteiger charge is 2.35. The van der Waals surface area contributed by atoms with Crippen molar-refractivity contribution in [3.05, 3.63) is 83.6 Å². The third kappa shape index (κ3) is 5.59. The molecular formula is C29H24F4N2O5S. The van der Waals surface area contributed by atoms with E-state index in [0.717, 1.165) is 25.2 Å². The zero-order chi connectivity index (χ0) is 28.7. The largest absolute Gasteiger partial charge is 0.492 e. The summed E-state index contributed by atoms with van der Waals surface area (Å²) in [6.45, 7) is 2.27. The molecule has 2 aliphatic heterocycles. The standard InChI is InChI=1S/C29H24F4N2O5S/c30-13-17-15-35(16-17)9-10-38-20-4-1-18(2-5-20)28-27-23-8-6-21(40-41(36)37)12-25(23)34-14-24(27)22-7-3-19(29(31,32)33)11-26(22)39-28/h1-8,11-12,14,17,28H,9-10,13,15-16H2,(H,36,37). The van der Waals surface area contributed by atoms with Gasteiger partial charge in [0.1, 0.15) is 23.9 Å². The second-order valence-corrected chi connectivity index (χ2v) is 10.6. The maximum atomic E-state index is 13.5. The Morgan fingerprint density at radius 2 is 1.78 bits per heavy atom. The van der Waals surface area contributed by atoms with E-state index < -0.39 is 29.2 Å². The van der Waals surface area contributed by atoms with E-state index in [1.165, 1.54) is 18.2 Å². The lowest BCUT2D eigenvalue weighted by Crippen LogP contribution is -2.49. The normalized spacial score (nSPS) is 17.7. The molecule has 1 N–H and O–H groups in total. The van der Waals surface area contributed by atoms with Gasteiger partial charge in [-0.25, -0.2) is 0 Å². The van der Waals surface area contributed by atoms with Crippen LogP contribution in [0.15, 0.2) is 66.9 Å². The van der Waals surface area contributed by atoms with Crippen LogP contribution in [0.1, 0.15) is 22.8 Å². The van der Waals surface area contributed by atoms with Crippen LogP contribution in [-0.2, 0) is 17.5 Å². The van der Waals surface area contributed by atoms with E-state index in [4.69, 9.17) is 18.2 Å². The van der Waals surface area contributed by atoms with Crippen LogP contribution in [0.4, 0.5) is 17.6 Å². The van der Waals surface area contributed by atoms with Crippen molar-refractivity contribution in [2.24, 2.45) is 5.92 Å². The van der Waals surface area contributed by atoms with E-state index in [1.54, 1.807) is 36.5 Å². The van der Waals surface area contributed by atoms with E-state index in [1.807, 2.05) is 0 Å². The average Bonchev–Trinajstić information content (AvgIpc) is 2.92. The molecule has 41 heavy (non-hydrogen) atoms. The maximum Gasteiger partial charge on any atom is 0.416 e. The van der Waals surface area contributed by atoms with Crippen molar-refractivity contribution in [1.29, 1.82) is 0 Å². The SMILES string of the molecule is O=S(O)Oc1ccc2c3c(cnc2c1)-c1ccc(C(F)(F)F)cc1OC3c1ccc(OCCN2CC(CF)C2)cc1. The molecule has 2 unspecified atom stereocenters. The lowest BCUT2D eigenvalue weighted by molar-refractivity contribution is -0.137. The summed E-state index contributed by atoms with van der Waals surface area (Å²) in [5.41, 5.74) is 2.08. The Balaban J connectivity index is 1.34. The lowest BCUT2D eigenvalue weighted by Gasteiger charge is -2.37. The third-order valence-electron chi connectivity index (χ3n) is 7.27. The summed E-state index contributed by atoms with van der Waals surface area (Å²) in [5, 5.41) is 0.649. The van der Waals surface area contributed by atoms with Gasteiger partial charge in [0.05, 0.1) is 17.8 Å². The number of benzene rings is 3. The van der Waals surface area contributed by atoms with Gasteiger partial charge in [0.15, 0.2) is 6.10 Å². The van der Waals surface area contributed by atoms with Crippen LogP contribution >= 0.6 is 0 Å². The summed E-state index contributed by atoms with van der Waals surface area (Å²) in [7, 11) is 0. The van der Waals surface area contributed by atoms with Crippen LogP contribution in [-0.4, -0.2) is 51.6 Å². The smallest absolute Gasteiger partial charge is 0.416 e. The second kappa shape index (κ2) is 10.9. The molecule has 0 amide bonds. The van der Waals surface area contributed by atoms with Gasteiger partial charge >= 0.3 is 17.5 Å². The van der Waals surface area contributed by atoms with Crippen LogP contribution in [0.25, 0.3) is 22.0 Å². The molecule has 0 bridgehead atoms. The Morgan fingerprint density at radius 1 is 1.02 bits per heavy atom. The van der Waals surface area contributed by atoms with Crippen molar-refractivity contribution in [3.8, 4) is 28.4 Å². The van der Waals surface area contributed by atoms with E-state index in [2.05, 4.69) is 9.88 Å². The molecule has 1 aromatic heterocycles. The van der Waals surface area contributed by atoms with Gasteiger partial charge < -0.3 is 13.7 Å². The monoisotopic (exact) mass is 588 g/mol. The van der Waals surface area contributed by atoms with Crippen molar-refractivity contribution in [2.75, 3.05) is 32.9 Å². The summed E-state index contributed by atoms with van der Waals surface area (Å²) >= 11 is -2.52. The first-order chi connectivity index (χ1) is 19.7. The Morgan fingerprint density at radius 3 is 2.49 bits per heavy atom. The van der Waals surface area contributed by atoms with Crippen LogP contribution in [0.3, 0.4) is 0 Å². The first-order valence-corrected chi connectivity index (χ1v) is 13.8. The molecule has 6 rings (SSSR count). The van der Waals surface area contributed by atoms with Gasteiger partial charge in [-0.3, -0.25) is 18.8 Å². The van der Waals surface area contributed by atoms with Crippen molar-refractivity contribution in [2.45, 2.75) is 12.3 Å². The number of hydrogen-bond acceptors (Lipinski definition) is 6. The highest BCUT2D eigenvalue weighted by molar-refractivity contribution is 7.74. The van der Waals surface area contributed by atoms with Crippen LogP contribution in [0.2, 0.25) is 0 Å². The first kappa shape index (κ1) is 27.4. The van der Waals surface area contributed by atoms with Crippen LogP contribution in [0.5, 0.6) is 17.2 Å². The molecule has 1 saturated heterocycles. The van der Waals surface area contributed by atoms with Crippen molar-refractivity contribution < 1.29 is 40.0 Å². The molecule has 1 fully saturated rings. The topological polar surface area (TPSA) is 81.1 Å². The van der Waals surface area contributed by atoms with Crippen molar-refractivity contribution in [3.63, 3.8) is 0 Å². The summed E-state index contributed by atoms with van der Waals surface area (Å²) in [6, 6.07) is 15.2. The molecule has 0 aliphatic carbocycles. The van der Waals surface area contributed by atoms with Crippen molar-refractivity contribution >= 4 is 22.3 Å². The van der Waals surface area contributed by atoms with E-state index in [9.17, 15) is 21.8 Å². The number of nitrogens with zero attached hydrogens (tertiary/aromatic N) is 2. The summed E-state index contributed by atoms with van der Waals surface area (Å²) in [5.74, 6) is 0.935. The summed E-state index contributed by atoms with van der Waals surface area (Å²) in [4.78, 5) is 6.58. The fraction of sp³-hybridized carbons (Fsp3) is 0.276. The van der Waals surface area contributed by atoms with Gasteiger partial charge in [0.25, 0.3) is 0 Å². The molecule has 3 aromatic carbocycles. The Kier molecular flexibility index (Phi) is 7.30. The molecule has 12 heteroatoms. The van der Waals surface area contributed by atoms with Crippen LogP contribution in [0, 0.1) is 5.92 Å². The Bertz CT molecular complexity index is 1610. The number of likely N-dealkylation sites (tertiary alicyclic amines) is 1. The van der Waals surface area contributed by atoms with Gasteiger partial charge in [-0.2, -0.15) is 17.4 Å². The van der Waals surface area contributed by atoms with Crippen molar-refractivity contribution in [1.82, 2.24) is 9.88 Å². The third-order valence-corrected chi connectivity index (χ3v) is 7.60. The fourth-order valence-corrected chi connectivity index (χ4v) is 5.52. The number of ether oxygens (including phenoxy) is 2. The first-order valence-electron chi connectivity index (χ1n) is 12.8. The lowest BCUT2D eigenvalue weighted by atomic mass is 9.87. The molecule has 0 saturated carbocycles. The molecule has 3 heterocycles. The molecule has 2 atom stereocenters. The van der Waals surface area contributed by atoms with E-state index in [0.29, 0.717) is 52.1 Å². The minimum atomic E-state index is -4.54. The molecule has 4 aromatic rings. The van der Waals surface area contributed by atoms with Crippen LogP contribution < -0.4 is 13.7 Å². The zero-order valence-corrected chi connectivity index (χ0v) is 22.3. The van der Waals surface area contributed by atoms with Gasteiger partial charge in [0, 0.05) is 59.9 Å². The zero-order valence-electron chi connectivity index (χ0n) is 21.4.